The van der Waals surface area contributed by atoms with E-state index in [1.807, 2.05) is 26.0 Å². The van der Waals surface area contributed by atoms with Gasteiger partial charge in [-0.05, 0) is 91.6 Å². The Labute approximate surface area is 219 Å². The van der Waals surface area contributed by atoms with E-state index in [1.54, 1.807) is 72.8 Å². The normalized spacial score (nSPS) is 12.9. The smallest absolute Gasteiger partial charge is 0.206 e. The molecule has 1 atom stereocenters. The van der Waals surface area contributed by atoms with Gasteiger partial charge in [0.05, 0.1) is 19.6 Å². The fourth-order valence-corrected chi connectivity index (χ4v) is 6.43. The van der Waals surface area contributed by atoms with Gasteiger partial charge in [-0.2, -0.15) is 0 Å². The van der Waals surface area contributed by atoms with Crippen LogP contribution < -0.4 is 4.74 Å². The Morgan fingerprint density at radius 2 is 0.865 bits per heavy atom. The van der Waals surface area contributed by atoms with Crippen molar-refractivity contribution in [3.63, 3.8) is 0 Å². The summed E-state index contributed by atoms with van der Waals surface area (Å²) < 4.78 is 57.8. The number of benzene rings is 4. The van der Waals surface area contributed by atoms with Crippen molar-refractivity contribution in [1.82, 2.24) is 0 Å². The second-order valence-corrected chi connectivity index (χ2v) is 13.2. The van der Waals surface area contributed by atoms with Crippen molar-refractivity contribution in [3.05, 3.63) is 114 Å². The molecule has 0 aliphatic rings. The third-order valence-corrected chi connectivity index (χ3v) is 9.87. The molecule has 4 aromatic carbocycles. The van der Waals surface area contributed by atoms with Gasteiger partial charge in [0.1, 0.15) is 11.9 Å². The van der Waals surface area contributed by atoms with E-state index in [-0.39, 0.29) is 25.7 Å². The Balaban J connectivity index is 1.46. The number of ether oxygens (including phenoxy) is 1. The molecule has 0 saturated carbocycles. The molecule has 0 aliphatic carbocycles. The van der Waals surface area contributed by atoms with Crippen molar-refractivity contribution in [1.29, 1.82) is 0 Å². The van der Waals surface area contributed by atoms with E-state index < -0.39 is 19.7 Å². The Bertz CT molecular complexity index is 1570. The summed E-state index contributed by atoms with van der Waals surface area (Å²) in [5.41, 5.74) is 2.87. The highest BCUT2D eigenvalue weighted by molar-refractivity contribution is 7.91. The Kier molecular flexibility index (Phi) is 7.57. The maximum atomic E-state index is 13.0. The first-order chi connectivity index (χ1) is 17.5. The van der Waals surface area contributed by atoms with Gasteiger partial charge in [0.15, 0.2) is 0 Å². The summed E-state index contributed by atoms with van der Waals surface area (Å²) in [6.45, 7) is 7.88. The molecule has 4 rings (SSSR count). The van der Waals surface area contributed by atoms with Gasteiger partial charge >= 0.3 is 0 Å². The van der Waals surface area contributed by atoms with Crippen LogP contribution in [0.5, 0.6) is 5.75 Å². The van der Waals surface area contributed by atoms with E-state index in [9.17, 15) is 16.8 Å². The first kappa shape index (κ1) is 26.6. The van der Waals surface area contributed by atoms with Crippen LogP contribution in [0, 0.1) is 6.92 Å². The van der Waals surface area contributed by atoms with Crippen molar-refractivity contribution in [2.45, 2.75) is 59.3 Å². The first-order valence-corrected chi connectivity index (χ1v) is 15.0. The fraction of sp³-hybridized carbons (Fsp3) is 0.200. The highest BCUT2D eigenvalue weighted by atomic mass is 32.2. The molecule has 7 heteroatoms. The van der Waals surface area contributed by atoms with Crippen LogP contribution in [-0.2, 0) is 19.7 Å². The molecule has 192 valence electrons. The molecule has 4 aromatic rings. The van der Waals surface area contributed by atoms with E-state index in [0.717, 1.165) is 16.7 Å². The molecular formula is C30H30O5S2. The van der Waals surface area contributed by atoms with Crippen LogP contribution in [0.3, 0.4) is 0 Å². The minimum Gasteiger partial charge on any atom is -0.486 e. The fourth-order valence-electron chi connectivity index (χ4n) is 3.91. The van der Waals surface area contributed by atoms with E-state index in [1.165, 1.54) is 12.1 Å². The van der Waals surface area contributed by atoms with Crippen LogP contribution in [0.25, 0.3) is 0 Å². The minimum atomic E-state index is -3.64. The lowest BCUT2D eigenvalue weighted by Crippen LogP contribution is -2.06. The lowest BCUT2D eigenvalue weighted by molar-refractivity contribution is 0.226. The molecule has 0 amide bonds. The standard InChI is InChI=1S/C30H30O5S2/c1-21(2)24-7-15-28(16-8-24)37(33,34)30-19-11-26(12-20-30)35-23(4)25-9-17-29(18-10-25)36(31,32)27-13-5-22(3)6-14-27/h5-21,23H,1-4H3. The summed E-state index contributed by atoms with van der Waals surface area (Å²) in [7, 11) is -7.24. The molecule has 0 fully saturated rings. The van der Waals surface area contributed by atoms with Gasteiger partial charge in [-0.15, -0.1) is 0 Å². The summed E-state index contributed by atoms with van der Waals surface area (Å²) >= 11 is 0. The molecule has 5 nitrogen and oxygen atoms in total. The minimum absolute atomic E-state index is 0.190. The van der Waals surface area contributed by atoms with Gasteiger partial charge in [0.2, 0.25) is 19.7 Å². The molecule has 37 heavy (non-hydrogen) atoms. The molecular weight excluding hydrogens is 504 g/mol. The highest BCUT2D eigenvalue weighted by Crippen LogP contribution is 2.28. The van der Waals surface area contributed by atoms with E-state index in [4.69, 9.17) is 4.74 Å². The lowest BCUT2D eigenvalue weighted by atomic mass is 10.0. The molecule has 0 N–H and O–H groups in total. The summed E-state index contributed by atoms with van der Waals surface area (Å²) in [5.74, 6) is 0.835. The highest BCUT2D eigenvalue weighted by Gasteiger charge is 2.20. The molecule has 0 aromatic heterocycles. The number of rotatable bonds is 8. The second kappa shape index (κ2) is 10.5. The van der Waals surface area contributed by atoms with Crippen molar-refractivity contribution in [2.75, 3.05) is 0 Å². The second-order valence-electron chi connectivity index (χ2n) is 9.34. The molecule has 0 saturated heterocycles. The van der Waals surface area contributed by atoms with Crippen LogP contribution in [0.2, 0.25) is 0 Å². The largest absolute Gasteiger partial charge is 0.486 e. The molecule has 0 aliphatic heterocycles. The molecule has 0 heterocycles. The molecule has 1 unspecified atom stereocenters. The zero-order valence-corrected chi connectivity index (χ0v) is 22.9. The summed E-state index contributed by atoms with van der Waals surface area (Å²) in [5, 5.41) is 0. The Morgan fingerprint density at radius 1 is 0.514 bits per heavy atom. The zero-order chi connectivity index (χ0) is 26.8. The summed E-state index contributed by atoms with van der Waals surface area (Å²) in [6.07, 6.45) is -0.373. The van der Waals surface area contributed by atoms with Gasteiger partial charge in [0, 0.05) is 0 Å². The predicted molar refractivity (Wildman–Crippen MR) is 145 cm³/mol. The van der Waals surface area contributed by atoms with Gasteiger partial charge in [-0.3, -0.25) is 0 Å². The maximum Gasteiger partial charge on any atom is 0.206 e. The molecule has 0 radical (unpaired) electrons. The molecule has 0 bridgehead atoms. The monoisotopic (exact) mass is 534 g/mol. The lowest BCUT2D eigenvalue weighted by Gasteiger charge is -2.16. The van der Waals surface area contributed by atoms with Crippen molar-refractivity contribution >= 4 is 19.7 Å². The predicted octanol–water partition coefficient (Wildman–Crippen LogP) is 6.92. The number of hydrogen-bond acceptors (Lipinski definition) is 5. The van der Waals surface area contributed by atoms with Gasteiger partial charge < -0.3 is 4.74 Å². The van der Waals surface area contributed by atoms with Crippen LogP contribution in [0.1, 0.15) is 49.5 Å². The number of aryl methyl sites for hydroxylation is 1. The Hall–Kier alpha value is -3.42. The summed E-state index contributed by atoms with van der Waals surface area (Å²) in [4.78, 5) is 0.902. The third kappa shape index (κ3) is 5.78. The third-order valence-electron chi connectivity index (χ3n) is 6.30. The Morgan fingerprint density at radius 3 is 1.27 bits per heavy atom. The first-order valence-electron chi connectivity index (χ1n) is 12.0. The van der Waals surface area contributed by atoms with Crippen LogP contribution >= 0.6 is 0 Å². The summed E-state index contributed by atoms with van der Waals surface area (Å²) in [6, 6.07) is 26.6. The van der Waals surface area contributed by atoms with Crippen LogP contribution in [0.4, 0.5) is 0 Å². The van der Waals surface area contributed by atoms with Crippen LogP contribution in [-0.4, -0.2) is 16.8 Å². The van der Waals surface area contributed by atoms with Crippen LogP contribution in [0.15, 0.2) is 117 Å². The van der Waals surface area contributed by atoms with Crippen molar-refractivity contribution < 1.29 is 21.6 Å². The van der Waals surface area contributed by atoms with E-state index >= 15 is 0 Å². The van der Waals surface area contributed by atoms with Gasteiger partial charge in [-0.1, -0.05) is 55.8 Å². The topological polar surface area (TPSA) is 77.5 Å². The maximum absolute atomic E-state index is 13.0. The van der Waals surface area contributed by atoms with E-state index in [0.29, 0.717) is 11.7 Å². The van der Waals surface area contributed by atoms with Gasteiger partial charge in [0.25, 0.3) is 0 Å². The average molecular weight is 535 g/mol. The quantitative estimate of drug-likeness (QED) is 0.245. The van der Waals surface area contributed by atoms with Crippen molar-refractivity contribution in [3.8, 4) is 5.75 Å². The van der Waals surface area contributed by atoms with Crippen molar-refractivity contribution in [2.24, 2.45) is 0 Å². The number of sulfone groups is 2. The zero-order valence-electron chi connectivity index (χ0n) is 21.3. The van der Waals surface area contributed by atoms with E-state index in [2.05, 4.69) is 13.8 Å². The average Bonchev–Trinajstić information content (AvgIpc) is 2.89. The SMILES string of the molecule is Cc1ccc(S(=O)(=O)c2ccc(C(C)Oc3ccc(S(=O)(=O)c4ccc(C(C)C)cc4)cc3)cc2)cc1. The van der Waals surface area contributed by atoms with Gasteiger partial charge in [-0.25, -0.2) is 16.8 Å². The molecule has 0 spiro atoms. The number of hydrogen-bond donors (Lipinski definition) is 0.